The van der Waals surface area contributed by atoms with Gasteiger partial charge in [0.15, 0.2) is 0 Å². The maximum Gasteiger partial charge on any atom is 0.0663 e. The number of benzene rings is 1. The molecule has 3 nitrogen and oxygen atoms in total. The van der Waals surface area contributed by atoms with Crippen molar-refractivity contribution >= 4 is 17.3 Å². The van der Waals surface area contributed by atoms with Crippen molar-refractivity contribution in [1.82, 2.24) is 5.32 Å². The first-order valence-corrected chi connectivity index (χ1v) is 7.80. The quantitative estimate of drug-likeness (QED) is 0.795. The lowest BCUT2D eigenvalue weighted by Gasteiger charge is -2.30. The molecule has 0 saturated heterocycles. The predicted octanol–water partition coefficient (Wildman–Crippen LogP) is 3.45. The molecule has 0 bridgehead atoms. The molecule has 1 unspecified atom stereocenters. The van der Waals surface area contributed by atoms with Gasteiger partial charge in [0, 0.05) is 43.0 Å². The van der Waals surface area contributed by atoms with Crippen LogP contribution >= 0.6 is 11.6 Å². The topological polar surface area (TPSA) is 24.5 Å². The molecule has 0 amide bonds. The van der Waals surface area contributed by atoms with Crippen LogP contribution in [0.1, 0.15) is 32.3 Å². The van der Waals surface area contributed by atoms with Crippen molar-refractivity contribution in [3.8, 4) is 0 Å². The lowest BCUT2D eigenvalue weighted by molar-refractivity contribution is 0.182. The second-order valence-electron chi connectivity index (χ2n) is 5.52. The molecular formula is C16H25ClN2O. The molecule has 4 heteroatoms. The van der Waals surface area contributed by atoms with Gasteiger partial charge in [0.05, 0.1) is 6.61 Å². The maximum absolute atomic E-state index is 6.42. The highest BCUT2D eigenvalue weighted by atomic mass is 35.5. The molecule has 0 radical (unpaired) electrons. The van der Waals surface area contributed by atoms with Gasteiger partial charge in [-0.15, -0.1) is 0 Å². The molecule has 1 saturated carbocycles. The molecule has 1 aromatic rings. The van der Waals surface area contributed by atoms with E-state index in [0.717, 1.165) is 30.4 Å². The van der Waals surface area contributed by atoms with Gasteiger partial charge in [-0.05, 0) is 44.4 Å². The number of nitrogens with zero attached hydrogens (tertiary/aromatic N) is 1. The summed E-state index contributed by atoms with van der Waals surface area (Å²) in [6, 6.07) is 7.41. The highest BCUT2D eigenvalue weighted by molar-refractivity contribution is 6.31. The van der Waals surface area contributed by atoms with Crippen LogP contribution in [-0.4, -0.2) is 32.3 Å². The minimum Gasteiger partial charge on any atom is -0.383 e. The zero-order valence-corrected chi connectivity index (χ0v) is 13.4. The second kappa shape index (κ2) is 7.30. The van der Waals surface area contributed by atoms with Crippen molar-refractivity contribution in [2.45, 2.75) is 45.3 Å². The van der Waals surface area contributed by atoms with E-state index >= 15 is 0 Å². The Balaban J connectivity index is 2.05. The van der Waals surface area contributed by atoms with Crippen LogP contribution in [0.5, 0.6) is 0 Å². The van der Waals surface area contributed by atoms with E-state index < -0.39 is 0 Å². The van der Waals surface area contributed by atoms with Crippen molar-refractivity contribution < 1.29 is 4.74 Å². The predicted molar refractivity (Wildman–Crippen MR) is 85.7 cm³/mol. The summed E-state index contributed by atoms with van der Waals surface area (Å²) >= 11 is 6.42. The van der Waals surface area contributed by atoms with Crippen LogP contribution in [0.25, 0.3) is 0 Å². The van der Waals surface area contributed by atoms with Gasteiger partial charge in [-0.1, -0.05) is 17.7 Å². The summed E-state index contributed by atoms with van der Waals surface area (Å²) in [7, 11) is 1.74. The fourth-order valence-corrected chi connectivity index (χ4v) is 2.72. The summed E-state index contributed by atoms with van der Waals surface area (Å²) in [5.41, 5.74) is 2.34. The maximum atomic E-state index is 6.42. The first kappa shape index (κ1) is 15.6. The summed E-state index contributed by atoms with van der Waals surface area (Å²) in [5, 5.41) is 4.35. The van der Waals surface area contributed by atoms with Crippen LogP contribution in [0.15, 0.2) is 18.2 Å². The van der Waals surface area contributed by atoms with Crippen molar-refractivity contribution in [3.63, 3.8) is 0 Å². The van der Waals surface area contributed by atoms with Crippen LogP contribution in [0.3, 0.4) is 0 Å². The molecule has 2 rings (SSSR count). The van der Waals surface area contributed by atoms with E-state index in [1.807, 2.05) is 0 Å². The van der Waals surface area contributed by atoms with E-state index in [0.29, 0.717) is 12.1 Å². The average Bonchev–Trinajstić information content (AvgIpc) is 3.23. The van der Waals surface area contributed by atoms with E-state index in [1.54, 1.807) is 7.11 Å². The van der Waals surface area contributed by atoms with Crippen molar-refractivity contribution in [3.05, 3.63) is 28.8 Å². The number of methoxy groups -OCH3 is 1. The SMILES string of the molecule is CCN(c1ccc(CNC2CC2)c(Cl)c1)C(C)COC. The van der Waals surface area contributed by atoms with Crippen molar-refractivity contribution in [2.75, 3.05) is 25.2 Å². The Morgan fingerprint density at radius 2 is 2.20 bits per heavy atom. The molecular weight excluding hydrogens is 272 g/mol. The highest BCUT2D eigenvalue weighted by Crippen LogP contribution is 2.26. The molecule has 0 aliphatic heterocycles. The smallest absolute Gasteiger partial charge is 0.0663 e. The number of nitrogens with one attached hydrogen (secondary N) is 1. The molecule has 1 aliphatic carbocycles. The zero-order chi connectivity index (χ0) is 14.5. The van der Waals surface area contributed by atoms with E-state index in [1.165, 1.54) is 18.4 Å². The molecule has 1 aliphatic rings. The standard InChI is InChI=1S/C16H25ClN2O/c1-4-19(12(2)11-20-3)15-8-5-13(16(17)9-15)10-18-14-6-7-14/h5,8-9,12,14,18H,4,6-7,10-11H2,1-3H3. The number of hydrogen-bond acceptors (Lipinski definition) is 3. The Kier molecular flexibility index (Phi) is 5.70. The summed E-state index contributed by atoms with van der Waals surface area (Å²) in [6.07, 6.45) is 2.60. The van der Waals surface area contributed by atoms with Gasteiger partial charge in [-0.3, -0.25) is 0 Å². The van der Waals surface area contributed by atoms with E-state index in [2.05, 4.69) is 42.3 Å². The Morgan fingerprint density at radius 3 is 2.75 bits per heavy atom. The molecule has 0 aromatic heterocycles. The van der Waals surface area contributed by atoms with Crippen LogP contribution in [0.2, 0.25) is 5.02 Å². The van der Waals surface area contributed by atoms with Gasteiger partial charge in [0.25, 0.3) is 0 Å². The van der Waals surface area contributed by atoms with Gasteiger partial charge in [0.2, 0.25) is 0 Å². The third-order valence-corrected chi connectivity index (χ3v) is 4.16. The summed E-state index contributed by atoms with van der Waals surface area (Å²) < 4.78 is 5.25. The number of likely N-dealkylation sites (N-methyl/N-ethyl adjacent to an activating group) is 1. The van der Waals surface area contributed by atoms with Gasteiger partial charge < -0.3 is 15.0 Å². The molecule has 112 valence electrons. The first-order chi connectivity index (χ1) is 9.65. The Hall–Kier alpha value is -0.770. The van der Waals surface area contributed by atoms with Gasteiger partial charge in [-0.2, -0.15) is 0 Å². The number of ether oxygens (including phenoxy) is 1. The fourth-order valence-electron chi connectivity index (χ4n) is 2.48. The Labute approximate surface area is 127 Å². The number of anilines is 1. The van der Waals surface area contributed by atoms with Crippen molar-refractivity contribution in [2.24, 2.45) is 0 Å². The second-order valence-corrected chi connectivity index (χ2v) is 5.93. The van der Waals surface area contributed by atoms with Gasteiger partial charge in [0.1, 0.15) is 0 Å². The highest BCUT2D eigenvalue weighted by Gasteiger charge is 2.20. The van der Waals surface area contributed by atoms with Crippen LogP contribution in [0, 0.1) is 0 Å². The lowest BCUT2D eigenvalue weighted by atomic mass is 10.1. The lowest BCUT2D eigenvalue weighted by Crippen LogP contribution is -2.36. The third-order valence-electron chi connectivity index (χ3n) is 3.81. The number of rotatable bonds is 8. The molecule has 0 spiro atoms. The van der Waals surface area contributed by atoms with Gasteiger partial charge >= 0.3 is 0 Å². The first-order valence-electron chi connectivity index (χ1n) is 7.43. The molecule has 1 fully saturated rings. The summed E-state index contributed by atoms with van der Waals surface area (Å²) in [4.78, 5) is 2.31. The number of halogens is 1. The minimum atomic E-state index is 0.344. The molecule has 0 heterocycles. The van der Waals surface area contributed by atoms with Crippen LogP contribution < -0.4 is 10.2 Å². The fraction of sp³-hybridized carbons (Fsp3) is 0.625. The summed E-state index contributed by atoms with van der Waals surface area (Å²) in [6.45, 7) is 6.85. The van der Waals surface area contributed by atoms with Crippen LogP contribution in [0.4, 0.5) is 5.69 Å². The third kappa shape index (κ3) is 4.11. The monoisotopic (exact) mass is 296 g/mol. The van der Waals surface area contributed by atoms with Crippen LogP contribution in [-0.2, 0) is 11.3 Å². The molecule has 1 atom stereocenters. The number of hydrogen-bond donors (Lipinski definition) is 1. The van der Waals surface area contributed by atoms with Crippen molar-refractivity contribution in [1.29, 1.82) is 0 Å². The largest absolute Gasteiger partial charge is 0.383 e. The van der Waals surface area contributed by atoms with E-state index in [9.17, 15) is 0 Å². The molecule has 1 aromatic carbocycles. The molecule has 1 N–H and O–H groups in total. The zero-order valence-electron chi connectivity index (χ0n) is 12.7. The molecule has 20 heavy (non-hydrogen) atoms. The Bertz CT molecular complexity index is 434. The normalized spacial score (nSPS) is 16.2. The minimum absolute atomic E-state index is 0.344. The average molecular weight is 297 g/mol. The van der Waals surface area contributed by atoms with E-state index in [-0.39, 0.29) is 0 Å². The Morgan fingerprint density at radius 1 is 1.45 bits per heavy atom. The summed E-state index contributed by atoms with van der Waals surface area (Å²) in [5.74, 6) is 0. The van der Waals surface area contributed by atoms with E-state index in [4.69, 9.17) is 16.3 Å². The van der Waals surface area contributed by atoms with Gasteiger partial charge in [-0.25, -0.2) is 0 Å².